The third-order valence-electron chi connectivity index (χ3n) is 5.82. The zero-order chi connectivity index (χ0) is 25.2. The number of thioether (sulfide) groups is 1. The summed E-state index contributed by atoms with van der Waals surface area (Å²) in [5, 5.41) is 34.8. The first-order valence-electron chi connectivity index (χ1n) is 12.6. The number of hydrogen-bond donors (Lipinski definition) is 6. The zero-order valence-corrected chi connectivity index (χ0v) is 42.4. The van der Waals surface area contributed by atoms with E-state index in [-0.39, 0.29) is 188 Å². The third kappa shape index (κ3) is 24.1. The van der Waals surface area contributed by atoms with Crippen molar-refractivity contribution in [2.45, 2.75) is 100 Å². The van der Waals surface area contributed by atoms with Crippen molar-refractivity contribution in [3.63, 3.8) is 0 Å². The molecule has 0 bridgehead atoms. The molecule has 1 heterocycles. The molecule has 4 radical (unpaired) electrons. The molecule has 0 saturated carbocycles. The van der Waals surface area contributed by atoms with E-state index in [4.69, 9.17) is 16.2 Å². The molecule has 0 aliphatic carbocycles. The van der Waals surface area contributed by atoms with Crippen LogP contribution < -0.4 is 16.4 Å². The molecular formula is C23H45Ac4N4O6S-. The van der Waals surface area contributed by atoms with Crippen LogP contribution in [0.15, 0.2) is 0 Å². The van der Waals surface area contributed by atoms with Gasteiger partial charge in [0, 0.05) is 202 Å². The van der Waals surface area contributed by atoms with Crippen LogP contribution in [0.2, 0.25) is 0 Å². The van der Waals surface area contributed by atoms with Gasteiger partial charge >= 0.3 is 0 Å². The Kier molecular flexibility index (Phi) is 43.4. The maximum Gasteiger partial charge on any atom is 0.219 e. The summed E-state index contributed by atoms with van der Waals surface area (Å²) >= 11 is 1.41. The van der Waals surface area contributed by atoms with Crippen LogP contribution in [-0.4, -0.2) is 88.9 Å². The number of hydrogen-bond acceptors (Lipinski definition) is 8. The van der Waals surface area contributed by atoms with Gasteiger partial charge in [-0.15, -0.1) is 11.8 Å². The number of ether oxygens (including phenoxy) is 1. The monoisotopic (exact) mass is 1410 g/mol. The van der Waals surface area contributed by atoms with Crippen LogP contribution in [0, 0.1) is 176 Å². The number of aliphatic hydroxyl groups is 3. The van der Waals surface area contributed by atoms with Crippen LogP contribution >= 0.6 is 11.8 Å². The van der Waals surface area contributed by atoms with Crippen LogP contribution in [0.3, 0.4) is 0 Å². The van der Waals surface area contributed by atoms with Gasteiger partial charge in [-0.3, -0.25) is 9.59 Å². The maximum atomic E-state index is 11.9. The molecule has 38 heavy (non-hydrogen) atoms. The SMILES string of the molecule is [Ac].[Ac].[Ac].[Ac].[NH-]C1[C@@H](O)[C@@H](O)C(CO)O[C@H]1SCCCCCNC(=O)CCCCCNC(=O)CCCCCN. The number of rotatable bonds is 19. The Morgan fingerprint density at radius 2 is 1.29 bits per heavy atom. The molecule has 1 saturated heterocycles. The van der Waals surface area contributed by atoms with Gasteiger partial charge in [-0.1, -0.05) is 25.3 Å². The zero-order valence-electron chi connectivity index (χ0n) is 22.6. The summed E-state index contributed by atoms with van der Waals surface area (Å²) in [6, 6.07) is -0.954. The van der Waals surface area contributed by atoms with Crippen molar-refractivity contribution in [2.75, 3.05) is 32.0 Å². The summed E-state index contributed by atoms with van der Waals surface area (Å²) in [6.07, 6.45) is 5.79. The van der Waals surface area contributed by atoms with Crippen molar-refractivity contribution in [3.8, 4) is 0 Å². The standard InChI is InChI=1S/C23H45N4O6S.4Ac/c24-12-6-1-4-10-18(29)26-13-7-2-5-11-19(30)27-14-8-3-9-15-34-23-20(25)22(32)21(31)17(16-28)33-23;;;;/h17,20-23,25,28,31-32H,1-16,24H2,(H,26,29)(H,27,30);;;;/q-1;;;;/t17?,20?,21-,22+,23-;;;;/m0..../s1. The van der Waals surface area contributed by atoms with Gasteiger partial charge in [-0.25, -0.2) is 0 Å². The number of nitrogens with two attached hydrogens (primary N) is 1. The smallest absolute Gasteiger partial charge is 0.219 e. The fraction of sp³-hybridized carbons (Fsp3) is 0.913. The van der Waals surface area contributed by atoms with Crippen LogP contribution in [0.1, 0.15) is 70.6 Å². The Morgan fingerprint density at radius 3 is 1.79 bits per heavy atom. The van der Waals surface area contributed by atoms with E-state index in [1.54, 1.807) is 0 Å². The van der Waals surface area contributed by atoms with E-state index in [2.05, 4.69) is 10.6 Å². The first kappa shape index (κ1) is 49.7. The molecule has 1 rings (SSSR count). The topological polar surface area (TPSA) is 178 Å². The first-order valence-corrected chi connectivity index (χ1v) is 13.6. The molecule has 1 aliphatic rings. The molecule has 2 amide bonds. The molecule has 212 valence electrons. The Labute approximate surface area is 376 Å². The van der Waals surface area contributed by atoms with Crippen molar-refractivity contribution < 1.29 is 206 Å². The van der Waals surface area contributed by atoms with Crippen molar-refractivity contribution >= 4 is 23.6 Å². The number of nitrogens with one attached hydrogen (secondary N) is 3. The molecule has 8 N–H and O–H groups in total. The Hall–Kier alpha value is 4.82. The molecule has 2 unspecified atom stereocenters. The van der Waals surface area contributed by atoms with E-state index >= 15 is 0 Å². The minimum atomic E-state index is -1.24. The summed E-state index contributed by atoms with van der Waals surface area (Å²) in [6.45, 7) is 1.56. The van der Waals surface area contributed by atoms with Crippen LogP contribution in [0.5, 0.6) is 0 Å². The van der Waals surface area contributed by atoms with Crippen molar-refractivity contribution in [2.24, 2.45) is 5.73 Å². The minimum absolute atomic E-state index is 0. The van der Waals surface area contributed by atoms with Gasteiger partial charge in [0.15, 0.2) is 0 Å². The van der Waals surface area contributed by atoms with Gasteiger partial charge in [0.2, 0.25) is 11.8 Å². The fourth-order valence-corrected chi connectivity index (χ4v) is 4.85. The van der Waals surface area contributed by atoms with E-state index in [0.29, 0.717) is 32.5 Å². The summed E-state index contributed by atoms with van der Waals surface area (Å²) < 4.78 is 5.52. The average molecular weight is 1410 g/mol. The predicted octanol–water partition coefficient (Wildman–Crippen LogP) is 1.06. The predicted molar refractivity (Wildman–Crippen MR) is 134 cm³/mol. The van der Waals surface area contributed by atoms with E-state index in [1.807, 2.05) is 0 Å². The number of carbonyl (C=O) groups excluding carboxylic acids is 2. The summed E-state index contributed by atoms with van der Waals surface area (Å²) in [5.41, 5.74) is 12.8. The minimum Gasteiger partial charge on any atom is -0.670 e. The van der Waals surface area contributed by atoms with Crippen LogP contribution in [-0.2, 0) is 14.3 Å². The van der Waals surface area contributed by atoms with Gasteiger partial charge in [-0.05, 0) is 50.8 Å². The molecule has 1 aliphatic heterocycles. The normalized spacial score (nSPS) is 22.1. The summed E-state index contributed by atoms with van der Waals surface area (Å²) in [7, 11) is 0. The molecule has 15 heteroatoms. The Bertz CT molecular complexity index is 576. The third-order valence-corrected chi connectivity index (χ3v) is 7.07. The number of unbranched alkanes of at least 4 members (excludes halogenated alkanes) is 6. The van der Waals surface area contributed by atoms with E-state index in [9.17, 15) is 24.9 Å². The molecule has 0 aromatic rings. The van der Waals surface area contributed by atoms with Gasteiger partial charge in [0.05, 0.1) is 18.1 Å². The second-order valence-electron chi connectivity index (χ2n) is 8.77. The van der Waals surface area contributed by atoms with Gasteiger partial charge in [-0.2, -0.15) is 0 Å². The van der Waals surface area contributed by atoms with Gasteiger partial charge in [0.25, 0.3) is 0 Å². The van der Waals surface area contributed by atoms with Crippen molar-refractivity contribution in [1.82, 2.24) is 10.6 Å². The fourth-order valence-electron chi connectivity index (χ4n) is 3.65. The first-order chi connectivity index (χ1) is 16.4. The second-order valence-corrected chi connectivity index (χ2v) is 9.98. The van der Waals surface area contributed by atoms with Crippen LogP contribution in [0.4, 0.5) is 0 Å². The van der Waals surface area contributed by atoms with E-state index in [0.717, 1.165) is 63.5 Å². The largest absolute Gasteiger partial charge is 0.670 e. The van der Waals surface area contributed by atoms with Crippen LogP contribution in [0.25, 0.3) is 5.73 Å². The van der Waals surface area contributed by atoms with E-state index < -0.39 is 36.4 Å². The second kappa shape index (κ2) is 33.2. The number of carbonyl (C=O) groups is 2. The molecule has 0 aromatic heterocycles. The molecule has 10 nitrogen and oxygen atoms in total. The Morgan fingerprint density at radius 1 is 0.789 bits per heavy atom. The number of aliphatic hydroxyl groups excluding tert-OH is 3. The quantitative estimate of drug-likeness (QED) is 0.104. The molecule has 0 aromatic carbocycles. The average Bonchev–Trinajstić information content (AvgIpc) is 2.83. The van der Waals surface area contributed by atoms with Gasteiger partial charge < -0.3 is 42.2 Å². The summed E-state index contributed by atoms with van der Waals surface area (Å²) in [5.74, 6) is 0.873. The maximum absolute atomic E-state index is 11.9. The van der Waals surface area contributed by atoms with Gasteiger partial charge in [0.1, 0.15) is 12.2 Å². The van der Waals surface area contributed by atoms with Crippen molar-refractivity contribution in [3.05, 3.63) is 5.73 Å². The van der Waals surface area contributed by atoms with Crippen molar-refractivity contribution in [1.29, 1.82) is 0 Å². The molecule has 5 atom stereocenters. The number of amides is 2. The molecule has 0 spiro atoms. The van der Waals surface area contributed by atoms with E-state index in [1.165, 1.54) is 11.8 Å². The molecular weight excluding hydrogens is 1370 g/mol. The molecule has 1 fully saturated rings. The summed E-state index contributed by atoms with van der Waals surface area (Å²) in [4.78, 5) is 23.6. The Balaban J connectivity index is -0.00000144.